The third-order valence-corrected chi connectivity index (χ3v) is 6.27. The second kappa shape index (κ2) is 10.0. The monoisotopic (exact) mass is 441 g/mol. The maximum atomic E-state index is 12.4. The van der Waals surface area contributed by atoms with Crippen LogP contribution in [0.25, 0.3) is 10.6 Å². The number of piperazine rings is 1. The van der Waals surface area contributed by atoms with E-state index in [1.165, 1.54) is 17.0 Å². The molecular weight excluding hydrogens is 418 g/mol. The van der Waals surface area contributed by atoms with Crippen LogP contribution in [0.4, 0.5) is 5.69 Å². The van der Waals surface area contributed by atoms with Gasteiger partial charge in [-0.1, -0.05) is 17.7 Å². The summed E-state index contributed by atoms with van der Waals surface area (Å²) in [5.74, 6) is -0.114. The van der Waals surface area contributed by atoms with Crippen LogP contribution in [-0.2, 0) is 0 Å². The summed E-state index contributed by atoms with van der Waals surface area (Å²) in [6.07, 6.45) is 4.38. The first kappa shape index (κ1) is 20.8. The van der Waals surface area contributed by atoms with Crippen LogP contribution in [0.15, 0.2) is 54.2 Å². The fourth-order valence-electron chi connectivity index (χ4n) is 3.50. The Morgan fingerprint density at radius 3 is 2.70 bits per heavy atom. The lowest BCUT2D eigenvalue weighted by Gasteiger charge is -2.36. The molecule has 0 atom stereocenters. The van der Waals surface area contributed by atoms with Crippen molar-refractivity contribution in [1.82, 2.24) is 20.2 Å². The van der Waals surface area contributed by atoms with Gasteiger partial charge < -0.3 is 10.2 Å². The third-order valence-electron chi connectivity index (χ3n) is 5.15. The van der Waals surface area contributed by atoms with Crippen LogP contribution in [0.3, 0.4) is 0 Å². The molecule has 156 valence electrons. The number of aromatic nitrogens is 2. The summed E-state index contributed by atoms with van der Waals surface area (Å²) in [7, 11) is 0. The molecule has 1 aliphatic rings. The Balaban J connectivity index is 1.17. The third kappa shape index (κ3) is 5.36. The minimum atomic E-state index is -0.114. The van der Waals surface area contributed by atoms with Gasteiger partial charge in [-0.05, 0) is 43.3 Å². The number of nitrogens with one attached hydrogen (secondary N) is 1. The number of carbonyl (C=O) groups excluding carboxylic acids is 1. The fourth-order valence-corrected chi connectivity index (χ4v) is 4.49. The van der Waals surface area contributed by atoms with E-state index < -0.39 is 0 Å². The summed E-state index contributed by atoms with van der Waals surface area (Å²) in [5, 5.41) is 6.40. The molecule has 0 bridgehead atoms. The number of nitrogens with zero attached hydrogens (tertiary/aromatic N) is 4. The predicted octanol–water partition coefficient (Wildman–Crippen LogP) is 3.80. The SMILES string of the molecule is O=C(NCCCN1CCN(c2cccc(Cl)c2)CC1)c1csc(-c2ccncc2)n1. The van der Waals surface area contributed by atoms with Gasteiger partial charge in [0, 0.05) is 66.8 Å². The van der Waals surface area contributed by atoms with E-state index in [0.717, 1.165) is 54.7 Å². The molecule has 1 saturated heterocycles. The number of anilines is 1. The van der Waals surface area contributed by atoms with E-state index in [0.29, 0.717) is 12.2 Å². The van der Waals surface area contributed by atoms with Crippen molar-refractivity contribution < 1.29 is 4.79 Å². The number of amides is 1. The van der Waals surface area contributed by atoms with Gasteiger partial charge in [-0.3, -0.25) is 14.7 Å². The maximum Gasteiger partial charge on any atom is 0.270 e. The van der Waals surface area contributed by atoms with Gasteiger partial charge in [0.25, 0.3) is 5.91 Å². The number of hydrogen-bond donors (Lipinski definition) is 1. The maximum absolute atomic E-state index is 12.4. The molecule has 3 heterocycles. The smallest absolute Gasteiger partial charge is 0.270 e. The van der Waals surface area contributed by atoms with Gasteiger partial charge in [-0.2, -0.15) is 0 Å². The molecule has 2 aromatic heterocycles. The van der Waals surface area contributed by atoms with Crippen LogP contribution in [-0.4, -0.2) is 60.0 Å². The van der Waals surface area contributed by atoms with Gasteiger partial charge in [0.05, 0.1) is 0 Å². The second-order valence-corrected chi connectivity index (χ2v) is 8.49. The van der Waals surface area contributed by atoms with Crippen LogP contribution >= 0.6 is 22.9 Å². The van der Waals surface area contributed by atoms with Gasteiger partial charge in [0.1, 0.15) is 10.7 Å². The molecule has 1 aliphatic heterocycles. The molecule has 6 nitrogen and oxygen atoms in total. The first-order chi connectivity index (χ1) is 14.7. The van der Waals surface area contributed by atoms with Gasteiger partial charge in [0.2, 0.25) is 0 Å². The highest BCUT2D eigenvalue weighted by Crippen LogP contribution is 2.23. The molecule has 4 rings (SSSR count). The highest BCUT2D eigenvalue weighted by atomic mass is 35.5. The molecule has 30 heavy (non-hydrogen) atoms. The second-order valence-electron chi connectivity index (χ2n) is 7.19. The van der Waals surface area contributed by atoms with Gasteiger partial charge in [-0.25, -0.2) is 4.98 Å². The molecule has 1 N–H and O–H groups in total. The van der Waals surface area contributed by atoms with E-state index in [-0.39, 0.29) is 5.91 Å². The Morgan fingerprint density at radius 1 is 1.13 bits per heavy atom. The lowest BCUT2D eigenvalue weighted by atomic mass is 10.2. The average molecular weight is 442 g/mol. The zero-order valence-corrected chi connectivity index (χ0v) is 18.2. The van der Waals surface area contributed by atoms with Crippen LogP contribution in [0.1, 0.15) is 16.9 Å². The number of halogens is 1. The summed E-state index contributed by atoms with van der Waals surface area (Å²) < 4.78 is 0. The number of thiazole rings is 1. The van der Waals surface area contributed by atoms with E-state index in [4.69, 9.17) is 11.6 Å². The zero-order valence-electron chi connectivity index (χ0n) is 16.6. The van der Waals surface area contributed by atoms with Crippen molar-refractivity contribution in [1.29, 1.82) is 0 Å². The molecule has 1 fully saturated rings. The highest BCUT2D eigenvalue weighted by molar-refractivity contribution is 7.13. The summed E-state index contributed by atoms with van der Waals surface area (Å²) in [4.78, 5) is 25.6. The molecule has 8 heteroatoms. The molecule has 1 amide bonds. The highest BCUT2D eigenvalue weighted by Gasteiger charge is 2.17. The number of pyridine rings is 1. The Labute approximate surface area is 185 Å². The molecule has 0 saturated carbocycles. The van der Waals surface area contributed by atoms with Crippen LogP contribution in [0.5, 0.6) is 0 Å². The first-order valence-electron chi connectivity index (χ1n) is 10.1. The fraction of sp³-hybridized carbons (Fsp3) is 0.318. The quantitative estimate of drug-likeness (QED) is 0.565. The lowest BCUT2D eigenvalue weighted by molar-refractivity contribution is 0.0947. The summed E-state index contributed by atoms with van der Waals surface area (Å²) in [5.41, 5.74) is 2.64. The number of benzene rings is 1. The number of rotatable bonds is 7. The average Bonchev–Trinajstić information content (AvgIpc) is 3.28. The molecule has 0 aliphatic carbocycles. The van der Waals surface area contributed by atoms with Crippen molar-refractivity contribution in [3.05, 3.63) is 64.9 Å². The summed E-state index contributed by atoms with van der Waals surface area (Å²) in [6, 6.07) is 11.8. The molecule has 0 unspecified atom stereocenters. The Kier molecular flexibility index (Phi) is 6.94. The summed E-state index contributed by atoms with van der Waals surface area (Å²) in [6.45, 7) is 5.63. The standard InChI is InChI=1S/C22H24ClN5OS/c23-18-3-1-4-19(15-18)28-13-11-27(12-14-28)10-2-7-25-21(29)20-16-30-22(26-20)17-5-8-24-9-6-17/h1,3-6,8-9,15-16H,2,7,10-14H2,(H,25,29). The van der Waals surface area contributed by atoms with Crippen molar-refractivity contribution in [2.45, 2.75) is 6.42 Å². The number of hydrogen-bond acceptors (Lipinski definition) is 6. The van der Waals surface area contributed by atoms with E-state index in [1.807, 2.05) is 30.3 Å². The van der Waals surface area contributed by atoms with Crippen molar-refractivity contribution in [2.24, 2.45) is 0 Å². The Hall–Kier alpha value is -2.48. The van der Waals surface area contributed by atoms with Crippen molar-refractivity contribution in [3.8, 4) is 10.6 Å². The normalized spacial score (nSPS) is 14.6. The molecule has 0 radical (unpaired) electrons. The van der Waals surface area contributed by atoms with E-state index in [1.54, 1.807) is 17.8 Å². The minimum absolute atomic E-state index is 0.114. The van der Waals surface area contributed by atoms with Gasteiger partial charge >= 0.3 is 0 Å². The molecular formula is C22H24ClN5OS. The Bertz CT molecular complexity index is 972. The first-order valence-corrected chi connectivity index (χ1v) is 11.3. The van der Waals surface area contributed by atoms with Crippen LogP contribution < -0.4 is 10.2 Å². The minimum Gasteiger partial charge on any atom is -0.369 e. The van der Waals surface area contributed by atoms with Crippen molar-refractivity contribution in [2.75, 3.05) is 44.2 Å². The van der Waals surface area contributed by atoms with Crippen molar-refractivity contribution in [3.63, 3.8) is 0 Å². The molecule has 3 aromatic rings. The molecule has 0 spiro atoms. The van der Waals surface area contributed by atoms with Crippen LogP contribution in [0, 0.1) is 0 Å². The van der Waals surface area contributed by atoms with Gasteiger partial charge in [-0.15, -0.1) is 11.3 Å². The number of carbonyl (C=O) groups is 1. The molecule has 1 aromatic carbocycles. The predicted molar refractivity (Wildman–Crippen MR) is 122 cm³/mol. The largest absolute Gasteiger partial charge is 0.369 e. The summed E-state index contributed by atoms with van der Waals surface area (Å²) >= 11 is 7.57. The topological polar surface area (TPSA) is 61.4 Å². The van der Waals surface area contributed by atoms with E-state index >= 15 is 0 Å². The van der Waals surface area contributed by atoms with Gasteiger partial charge in [0.15, 0.2) is 0 Å². The van der Waals surface area contributed by atoms with E-state index in [9.17, 15) is 4.79 Å². The lowest BCUT2D eigenvalue weighted by Crippen LogP contribution is -2.47. The van der Waals surface area contributed by atoms with E-state index in [2.05, 4.69) is 31.2 Å². The zero-order chi connectivity index (χ0) is 20.8. The Morgan fingerprint density at radius 2 is 1.93 bits per heavy atom. The van der Waals surface area contributed by atoms with Crippen molar-refractivity contribution >= 4 is 34.5 Å². The van der Waals surface area contributed by atoms with Crippen LogP contribution in [0.2, 0.25) is 5.02 Å².